The topological polar surface area (TPSA) is 29.5 Å². The van der Waals surface area contributed by atoms with E-state index >= 15 is 0 Å². The molecule has 0 aromatic rings. The normalized spacial score (nSPS) is 17.3. The van der Waals surface area contributed by atoms with Crippen LogP contribution in [0, 0.1) is 0 Å². The van der Waals surface area contributed by atoms with Gasteiger partial charge in [0.1, 0.15) is 0 Å². The predicted octanol–water partition coefficient (Wildman–Crippen LogP) is 1.18. The van der Waals surface area contributed by atoms with Crippen LogP contribution in [0.2, 0.25) is 0 Å². The van der Waals surface area contributed by atoms with Crippen LogP contribution in [0.5, 0.6) is 0 Å². The summed E-state index contributed by atoms with van der Waals surface area (Å²) < 4.78 is 5.00. The third-order valence-electron chi connectivity index (χ3n) is 1.55. The summed E-state index contributed by atoms with van der Waals surface area (Å²) in [7, 11) is 1.63. The van der Waals surface area contributed by atoms with Crippen molar-refractivity contribution in [3.63, 3.8) is 0 Å². The molecule has 0 radical (unpaired) electrons. The van der Waals surface area contributed by atoms with Crippen molar-refractivity contribution >= 4 is 0 Å². The number of aliphatic hydroxyl groups is 1. The molecule has 0 saturated carbocycles. The molecule has 0 fully saturated rings. The van der Waals surface area contributed by atoms with Crippen LogP contribution in [-0.2, 0) is 4.74 Å². The summed E-state index contributed by atoms with van der Waals surface area (Å²) in [5, 5.41) is 9.19. The average Bonchev–Trinajstić information content (AvgIpc) is 1.90. The number of hydrogen-bond donors (Lipinski definition) is 1. The van der Waals surface area contributed by atoms with Crippen molar-refractivity contribution in [1.82, 2.24) is 0 Å². The number of rotatable bonds is 4. The molecule has 0 aromatic carbocycles. The highest BCUT2D eigenvalue weighted by Gasteiger charge is 2.12. The molecule has 0 bridgehead atoms. The first-order valence-electron chi connectivity index (χ1n) is 3.47. The van der Waals surface area contributed by atoms with E-state index in [-0.39, 0.29) is 12.2 Å². The molecule has 9 heavy (non-hydrogen) atoms. The third-order valence-corrected chi connectivity index (χ3v) is 1.55. The van der Waals surface area contributed by atoms with Crippen molar-refractivity contribution in [3.05, 3.63) is 0 Å². The Morgan fingerprint density at radius 3 is 2.00 bits per heavy atom. The Labute approximate surface area is 56.8 Å². The predicted molar refractivity (Wildman–Crippen MR) is 37.4 cm³/mol. The van der Waals surface area contributed by atoms with Crippen molar-refractivity contribution in [1.29, 1.82) is 0 Å². The molecule has 1 unspecified atom stereocenters. The number of aliphatic hydroxyl groups excluding tert-OH is 1. The first-order valence-corrected chi connectivity index (χ1v) is 3.47. The summed E-state index contributed by atoms with van der Waals surface area (Å²) >= 11 is 0. The quantitative estimate of drug-likeness (QED) is 0.622. The molecule has 0 rings (SSSR count). The lowest BCUT2D eigenvalue weighted by molar-refractivity contribution is -0.0148. The molecule has 2 nitrogen and oxygen atoms in total. The van der Waals surface area contributed by atoms with Gasteiger partial charge in [-0.05, 0) is 12.8 Å². The SMILES string of the molecule is CCC(O)[C@H](CC)OC. The third kappa shape index (κ3) is 2.82. The lowest BCUT2D eigenvalue weighted by Gasteiger charge is -2.17. The molecule has 0 aliphatic carbocycles. The van der Waals surface area contributed by atoms with Gasteiger partial charge in [-0.3, -0.25) is 0 Å². The van der Waals surface area contributed by atoms with Crippen molar-refractivity contribution < 1.29 is 9.84 Å². The van der Waals surface area contributed by atoms with Crippen molar-refractivity contribution in [3.8, 4) is 0 Å². The molecule has 0 aliphatic rings. The Morgan fingerprint density at radius 2 is 1.89 bits per heavy atom. The van der Waals surface area contributed by atoms with E-state index in [4.69, 9.17) is 4.74 Å². The van der Waals surface area contributed by atoms with E-state index in [0.29, 0.717) is 0 Å². The largest absolute Gasteiger partial charge is 0.390 e. The minimum Gasteiger partial charge on any atom is -0.390 e. The maximum absolute atomic E-state index is 9.19. The van der Waals surface area contributed by atoms with Gasteiger partial charge in [0.2, 0.25) is 0 Å². The van der Waals surface area contributed by atoms with E-state index in [9.17, 15) is 5.11 Å². The molecule has 2 atom stereocenters. The monoisotopic (exact) mass is 132 g/mol. The summed E-state index contributed by atoms with van der Waals surface area (Å²) in [5.74, 6) is 0. The molecule has 0 spiro atoms. The van der Waals surface area contributed by atoms with Gasteiger partial charge in [0.15, 0.2) is 0 Å². The van der Waals surface area contributed by atoms with Gasteiger partial charge in [-0.1, -0.05) is 13.8 Å². The minimum absolute atomic E-state index is 0.0231. The zero-order chi connectivity index (χ0) is 7.28. The Bertz CT molecular complexity index is 59.9. The zero-order valence-corrected chi connectivity index (χ0v) is 6.42. The summed E-state index contributed by atoms with van der Waals surface area (Å²) in [6.45, 7) is 3.96. The molecule has 0 aromatic heterocycles. The van der Waals surface area contributed by atoms with E-state index in [1.165, 1.54) is 0 Å². The Hall–Kier alpha value is -0.0800. The van der Waals surface area contributed by atoms with Crippen LogP contribution in [0.1, 0.15) is 26.7 Å². The van der Waals surface area contributed by atoms with E-state index in [0.717, 1.165) is 12.8 Å². The average molecular weight is 132 g/mol. The van der Waals surface area contributed by atoms with Crippen LogP contribution in [0.4, 0.5) is 0 Å². The lowest BCUT2D eigenvalue weighted by Crippen LogP contribution is -2.26. The van der Waals surface area contributed by atoms with Crippen LogP contribution < -0.4 is 0 Å². The Balaban J connectivity index is 3.50. The molecule has 0 aliphatic heterocycles. The standard InChI is InChI=1S/C7H16O2/c1-4-6(8)7(5-2)9-3/h6-8H,4-5H2,1-3H3/t6?,7-/m0/s1. The molecular formula is C7H16O2. The van der Waals surface area contributed by atoms with Crippen LogP contribution in [-0.4, -0.2) is 24.4 Å². The number of hydrogen-bond acceptors (Lipinski definition) is 2. The van der Waals surface area contributed by atoms with Crippen molar-refractivity contribution in [2.24, 2.45) is 0 Å². The van der Waals surface area contributed by atoms with Gasteiger partial charge in [0, 0.05) is 7.11 Å². The zero-order valence-electron chi connectivity index (χ0n) is 6.42. The van der Waals surface area contributed by atoms with Gasteiger partial charge in [-0.25, -0.2) is 0 Å². The maximum atomic E-state index is 9.19. The molecular weight excluding hydrogens is 116 g/mol. The second-order valence-electron chi connectivity index (χ2n) is 2.16. The van der Waals surface area contributed by atoms with Crippen LogP contribution >= 0.6 is 0 Å². The second kappa shape index (κ2) is 4.77. The van der Waals surface area contributed by atoms with Gasteiger partial charge in [-0.15, -0.1) is 0 Å². The van der Waals surface area contributed by atoms with E-state index in [2.05, 4.69) is 0 Å². The summed E-state index contributed by atoms with van der Waals surface area (Å²) in [4.78, 5) is 0. The summed E-state index contributed by atoms with van der Waals surface area (Å²) in [6, 6.07) is 0. The highest BCUT2D eigenvalue weighted by Crippen LogP contribution is 2.05. The molecule has 56 valence electrons. The van der Waals surface area contributed by atoms with Crippen LogP contribution in [0.15, 0.2) is 0 Å². The molecule has 2 heteroatoms. The number of ether oxygens (including phenoxy) is 1. The smallest absolute Gasteiger partial charge is 0.0827 e. The maximum Gasteiger partial charge on any atom is 0.0827 e. The summed E-state index contributed by atoms with van der Waals surface area (Å²) in [5.41, 5.74) is 0. The second-order valence-corrected chi connectivity index (χ2v) is 2.16. The lowest BCUT2D eigenvalue weighted by atomic mass is 10.1. The highest BCUT2D eigenvalue weighted by atomic mass is 16.5. The van der Waals surface area contributed by atoms with Crippen molar-refractivity contribution in [2.45, 2.75) is 38.9 Å². The van der Waals surface area contributed by atoms with Gasteiger partial charge in [0.25, 0.3) is 0 Å². The Kier molecular flexibility index (Phi) is 4.72. The molecule has 0 amide bonds. The summed E-state index contributed by atoms with van der Waals surface area (Å²) in [6.07, 6.45) is 1.38. The van der Waals surface area contributed by atoms with Gasteiger partial charge < -0.3 is 9.84 Å². The number of methoxy groups -OCH3 is 1. The van der Waals surface area contributed by atoms with E-state index in [1.54, 1.807) is 7.11 Å². The van der Waals surface area contributed by atoms with Gasteiger partial charge >= 0.3 is 0 Å². The van der Waals surface area contributed by atoms with E-state index in [1.807, 2.05) is 13.8 Å². The van der Waals surface area contributed by atoms with Gasteiger partial charge in [-0.2, -0.15) is 0 Å². The van der Waals surface area contributed by atoms with Crippen LogP contribution in [0.3, 0.4) is 0 Å². The minimum atomic E-state index is -0.292. The Morgan fingerprint density at radius 1 is 1.33 bits per heavy atom. The van der Waals surface area contributed by atoms with Crippen LogP contribution in [0.25, 0.3) is 0 Å². The fourth-order valence-electron chi connectivity index (χ4n) is 0.859. The van der Waals surface area contributed by atoms with Gasteiger partial charge in [0.05, 0.1) is 12.2 Å². The van der Waals surface area contributed by atoms with E-state index < -0.39 is 0 Å². The molecule has 0 saturated heterocycles. The van der Waals surface area contributed by atoms with Crippen molar-refractivity contribution in [2.75, 3.05) is 7.11 Å². The molecule has 1 N–H and O–H groups in total. The fourth-order valence-corrected chi connectivity index (χ4v) is 0.859. The highest BCUT2D eigenvalue weighted by molar-refractivity contribution is 4.64. The first-order chi connectivity index (χ1) is 4.26. The fraction of sp³-hybridized carbons (Fsp3) is 1.00. The first kappa shape index (κ1) is 8.92. The molecule has 0 heterocycles.